The first-order valence-electron chi connectivity index (χ1n) is 18.8. The van der Waals surface area contributed by atoms with Crippen LogP contribution in [0.1, 0.15) is 72.9 Å². The van der Waals surface area contributed by atoms with Gasteiger partial charge in [-0.3, -0.25) is 0 Å². The molecule has 3 aliphatic rings. The van der Waals surface area contributed by atoms with E-state index in [4.69, 9.17) is 0 Å². The second-order valence-corrected chi connectivity index (χ2v) is 16.0. The highest BCUT2D eigenvalue weighted by atomic mass is 19.4. The zero-order chi connectivity index (χ0) is 36.2. The average molecular weight is 700 g/mol. The molecule has 2 unspecified atom stereocenters. The zero-order valence-electron chi connectivity index (χ0n) is 30.0. The lowest BCUT2D eigenvalue weighted by molar-refractivity contribution is -0.137. The van der Waals surface area contributed by atoms with Crippen LogP contribution in [0.25, 0.3) is 32.7 Å². The maximum Gasteiger partial charge on any atom is 0.416 e. The Kier molecular flexibility index (Phi) is 6.90. The molecule has 1 heterocycles. The van der Waals surface area contributed by atoms with Crippen LogP contribution in [-0.4, -0.2) is 5.54 Å². The summed E-state index contributed by atoms with van der Waals surface area (Å²) in [6, 6.07) is 50.8. The van der Waals surface area contributed by atoms with Crippen LogP contribution in [0, 0.1) is 5.41 Å². The molecule has 4 heteroatoms. The van der Waals surface area contributed by atoms with Crippen LogP contribution in [0.2, 0.25) is 0 Å². The minimum absolute atomic E-state index is 0.197. The first-order chi connectivity index (χ1) is 25.6. The van der Waals surface area contributed by atoms with Gasteiger partial charge >= 0.3 is 6.18 Å². The second kappa shape index (κ2) is 11.3. The number of rotatable bonds is 3. The van der Waals surface area contributed by atoms with E-state index in [1.165, 1.54) is 67.1 Å². The van der Waals surface area contributed by atoms with Crippen molar-refractivity contribution in [1.82, 2.24) is 0 Å². The Bertz CT molecular complexity index is 2530. The highest BCUT2D eigenvalue weighted by Gasteiger charge is 2.55. The first kappa shape index (κ1) is 32.3. The van der Waals surface area contributed by atoms with Gasteiger partial charge in [0.25, 0.3) is 0 Å². The molecule has 0 N–H and O–H groups in total. The smallest absolute Gasteiger partial charge is 0.335 e. The van der Waals surface area contributed by atoms with Crippen molar-refractivity contribution in [3.05, 3.63) is 179 Å². The summed E-state index contributed by atoms with van der Waals surface area (Å²) in [5.41, 5.74) is 8.25. The molecule has 0 spiro atoms. The van der Waals surface area contributed by atoms with Crippen LogP contribution in [0.15, 0.2) is 146 Å². The Morgan fingerprint density at radius 3 is 2.00 bits per heavy atom. The molecule has 7 aromatic carbocycles. The van der Waals surface area contributed by atoms with Gasteiger partial charge in [-0.2, -0.15) is 13.2 Å². The van der Waals surface area contributed by atoms with Crippen molar-refractivity contribution >= 4 is 32.9 Å². The monoisotopic (exact) mass is 699 g/mol. The van der Waals surface area contributed by atoms with Crippen molar-refractivity contribution in [2.24, 2.45) is 5.41 Å². The highest BCUT2D eigenvalue weighted by Crippen LogP contribution is 2.62. The van der Waals surface area contributed by atoms with Gasteiger partial charge in [0.1, 0.15) is 0 Å². The number of hydrogen-bond acceptors (Lipinski definition) is 1. The minimum atomic E-state index is -4.40. The van der Waals surface area contributed by atoms with Gasteiger partial charge in [-0.25, -0.2) is 0 Å². The summed E-state index contributed by atoms with van der Waals surface area (Å²) in [6.45, 7) is 4.66. The van der Waals surface area contributed by atoms with E-state index in [0.717, 1.165) is 42.6 Å². The van der Waals surface area contributed by atoms with E-state index in [1.54, 1.807) is 6.07 Å². The molecule has 1 saturated carbocycles. The molecule has 0 saturated heterocycles. The van der Waals surface area contributed by atoms with Gasteiger partial charge in [-0.15, -0.1) is 0 Å². The SMILES string of the molecule is CC12CCCCC1(C)N(c1ccc3c(c1)C(c1ccccc1)(c1ccccc1)c1ccc4c(ccc5ccccc54)c1-3)c1ccc(C(F)(F)F)cc1C2. The number of alkyl halides is 3. The summed E-state index contributed by atoms with van der Waals surface area (Å²) in [6.07, 6.45) is 0.360. The lowest BCUT2D eigenvalue weighted by Gasteiger charge is -2.60. The van der Waals surface area contributed by atoms with Crippen LogP contribution in [-0.2, 0) is 18.0 Å². The van der Waals surface area contributed by atoms with E-state index < -0.39 is 17.2 Å². The van der Waals surface area contributed by atoms with Gasteiger partial charge in [0.15, 0.2) is 0 Å². The molecule has 0 aromatic heterocycles. The summed E-state index contributed by atoms with van der Waals surface area (Å²) < 4.78 is 42.5. The molecule has 10 rings (SSSR count). The predicted molar refractivity (Wildman–Crippen MR) is 211 cm³/mol. The molecular weight excluding hydrogens is 660 g/mol. The van der Waals surface area contributed by atoms with Crippen LogP contribution < -0.4 is 4.90 Å². The fraction of sp³-hybridized carbons (Fsp3) is 0.224. The van der Waals surface area contributed by atoms with Crippen LogP contribution in [0.5, 0.6) is 0 Å². The quantitative estimate of drug-likeness (QED) is 0.166. The Hall–Kier alpha value is -5.35. The van der Waals surface area contributed by atoms with Crippen molar-refractivity contribution in [2.75, 3.05) is 4.90 Å². The number of halogens is 3. The summed E-state index contributed by atoms with van der Waals surface area (Å²) >= 11 is 0. The van der Waals surface area contributed by atoms with Crippen LogP contribution in [0.4, 0.5) is 24.5 Å². The lowest BCUT2D eigenvalue weighted by atomic mass is 9.57. The Morgan fingerprint density at radius 1 is 0.585 bits per heavy atom. The van der Waals surface area contributed by atoms with Gasteiger partial charge in [0.2, 0.25) is 0 Å². The molecular formula is C49H40F3N. The number of fused-ring (bicyclic) bond motifs is 9. The second-order valence-electron chi connectivity index (χ2n) is 16.0. The molecule has 0 radical (unpaired) electrons. The summed E-state index contributed by atoms with van der Waals surface area (Å²) in [7, 11) is 0. The summed E-state index contributed by atoms with van der Waals surface area (Å²) in [5.74, 6) is 0. The minimum Gasteiger partial charge on any atom is -0.335 e. The number of benzene rings is 7. The van der Waals surface area contributed by atoms with Crippen molar-refractivity contribution in [2.45, 2.75) is 63.1 Å². The van der Waals surface area contributed by atoms with Gasteiger partial charge in [0.05, 0.1) is 11.0 Å². The molecule has 1 aliphatic heterocycles. The Morgan fingerprint density at radius 2 is 1.26 bits per heavy atom. The molecule has 2 aliphatic carbocycles. The maximum absolute atomic E-state index is 14.2. The van der Waals surface area contributed by atoms with Crippen LogP contribution >= 0.6 is 0 Å². The number of anilines is 2. The van der Waals surface area contributed by atoms with E-state index >= 15 is 0 Å². The molecule has 7 aromatic rings. The average Bonchev–Trinajstić information content (AvgIpc) is 3.47. The fourth-order valence-electron chi connectivity index (χ4n) is 10.6. The molecule has 1 fully saturated rings. The van der Waals surface area contributed by atoms with Gasteiger partial charge in [-0.1, -0.05) is 135 Å². The third-order valence-corrected chi connectivity index (χ3v) is 13.3. The molecule has 2 atom stereocenters. The van der Waals surface area contributed by atoms with Crippen molar-refractivity contribution in [1.29, 1.82) is 0 Å². The fourth-order valence-corrected chi connectivity index (χ4v) is 10.6. The molecule has 0 bridgehead atoms. The maximum atomic E-state index is 14.2. The van der Waals surface area contributed by atoms with Gasteiger partial charge in [-0.05, 0) is 122 Å². The number of nitrogens with zero attached hydrogens (tertiary/aromatic N) is 1. The number of hydrogen-bond donors (Lipinski definition) is 0. The largest absolute Gasteiger partial charge is 0.416 e. The standard InChI is InChI=1S/C49H40F3N/c1-46-27-11-12-28-47(46,2)53(44-26-20-36(49(50,51)52)29-33(44)31-46)37-21-23-41-43(30-37)48(34-14-5-3-6-15-34,35-16-7-4-8-17-35)42-25-24-39-38-18-10-9-13-32(38)19-22-40(39)45(41)42/h3-10,13-26,29-30H,11-12,27-28,31H2,1-2H3. The van der Waals surface area contributed by atoms with Gasteiger partial charge < -0.3 is 4.90 Å². The van der Waals surface area contributed by atoms with Crippen molar-refractivity contribution in [3.63, 3.8) is 0 Å². The molecule has 1 nitrogen and oxygen atoms in total. The first-order valence-corrected chi connectivity index (χ1v) is 18.8. The van der Waals surface area contributed by atoms with E-state index in [0.29, 0.717) is 6.42 Å². The van der Waals surface area contributed by atoms with Crippen molar-refractivity contribution in [3.8, 4) is 11.1 Å². The molecule has 0 amide bonds. The molecule has 53 heavy (non-hydrogen) atoms. The topological polar surface area (TPSA) is 3.24 Å². The Balaban J connectivity index is 1.30. The van der Waals surface area contributed by atoms with E-state index in [9.17, 15) is 13.2 Å². The summed E-state index contributed by atoms with van der Waals surface area (Å²) in [5, 5.41) is 4.89. The summed E-state index contributed by atoms with van der Waals surface area (Å²) in [4.78, 5) is 2.43. The normalized spacial score (nSPS) is 21.6. The van der Waals surface area contributed by atoms with Crippen molar-refractivity contribution < 1.29 is 13.2 Å². The van der Waals surface area contributed by atoms with E-state index in [2.05, 4.69) is 146 Å². The predicted octanol–water partition coefficient (Wildman–Crippen LogP) is 13.4. The third kappa shape index (κ3) is 4.44. The van der Waals surface area contributed by atoms with Crippen LogP contribution in [0.3, 0.4) is 0 Å². The Labute approximate surface area is 308 Å². The van der Waals surface area contributed by atoms with E-state index in [1.807, 2.05) is 0 Å². The zero-order valence-corrected chi connectivity index (χ0v) is 30.0. The van der Waals surface area contributed by atoms with Gasteiger partial charge in [0, 0.05) is 16.9 Å². The highest BCUT2D eigenvalue weighted by molar-refractivity contribution is 6.14. The molecule has 262 valence electrons. The lowest BCUT2D eigenvalue weighted by Crippen LogP contribution is -2.60. The third-order valence-electron chi connectivity index (χ3n) is 13.3. The van der Waals surface area contributed by atoms with E-state index in [-0.39, 0.29) is 11.0 Å².